The molecule has 0 radical (unpaired) electrons. The summed E-state index contributed by atoms with van der Waals surface area (Å²) in [6.45, 7) is 4.84. The number of hydrogen-bond acceptors (Lipinski definition) is 5. The molecule has 0 fully saturated rings. The molecule has 6 heteroatoms. The number of methoxy groups -OCH3 is 1. The van der Waals surface area contributed by atoms with E-state index < -0.39 is 0 Å². The predicted molar refractivity (Wildman–Crippen MR) is 108 cm³/mol. The topological polar surface area (TPSA) is 67.3 Å². The number of carbonyl (C=O) groups excluding carboxylic acids is 1. The highest BCUT2D eigenvalue weighted by molar-refractivity contribution is 6.07. The Balaban J connectivity index is 1.94. The SMILES string of the molecule is COCCN(C(=O)c1ccc2ccccc2c1)c1ccnc(NC(C)C)n1. The lowest BCUT2D eigenvalue weighted by Crippen LogP contribution is -2.35. The normalized spacial score (nSPS) is 11.0. The Bertz CT molecular complexity index is 927. The van der Waals surface area contributed by atoms with Crippen molar-refractivity contribution in [3.8, 4) is 0 Å². The van der Waals surface area contributed by atoms with E-state index in [4.69, 9.17) is 4.74 Å². The molecule has 1 N–H and O–H groups in total. The highest BCUT2D eigenvalue weighted by Gasteiger charge is 2.20. The van der Waals surface area contributed by atoms with Gasteiger partial charge in [0.1, 0.15) is 5.82 Å². The van der Waals surface area contributed by atoms with Gasteiger partial charge in [-0.15, -0.1) is 0 Å². The van der Waals surface area contributed by atoms with E-state index in [1.807, 2.05) is 56.3 Å². The third-order valence-corrected chi connectivity index (χ3v) is 4.10. The van der Waals surface area contributed by atoms with Crippen molar-refractivity contribution in [2.75, 3.05) is 30.5 Å². The lowest BCUT2D eigenvalue weighted by Gasteiger charge is -2.22. The second kappa shape index (κ2) is 8.60. The number of fused-ring (bicyclic) bond motifs is 1. The molecule has 3 rings (SSSR count). The van der Waals surface area contributed by atoms with Crippen molar-refractivity contribution in [2.45, 2.75) is 19.9 Å². The van der Waals surface area contributed by atoms with E-state index in [-0.39, 0.29) is 11.9 Å². The molecule has 2 aromatic carbocycles. The Labute approximate surface area is 159 Å². The van der Waals surface area contributed by atoms with Crippen molar-refractivity contribution in [1.29, 1.82) is 0 Å². The highest BCUT2D eigenvalue weighted by Crippen LogP contribution is 2.20. The molecule has 0 aliphatic carbocycles. The Hall–Kier alpha value is -2.99. The van der Waals surface area contributed by atoms with Crippen molar-refractivity contribution in [1.82, 2.24) is 9.97 Å². The number of aromatic nitrogens is 2. The van der Waals surface area contributed by atoms with E-state index in [0.29, 0.717) is 30.5 Å². The van der Waals surface area contributed by atoms with E-state index in [1.165, 1.54) is 0 Å². The zero-order valence-electron chi connectivity index (χ0n) is 15.8. The van der Waals surface area contributed by atoms with Gasteiger partial charge in [0.15, 0.2) is 0 Å². The number of nitrogens with one attached hydrogen (secondary N) is 1. The van der Waals surface area contributed by atoms with Crippen LogP contribution < -0.4 is 10.2 Å². The number of amides is 1. The summed E-state index contributed by atoms with van der Waals surface area (Å²) in [6.07, 6.45) is 1.65. The van der Waals surface area contributed by atoms with Crippen molar-refractivity contribution >= 4 is 28.4 Å². The maximum Gasteiger partial charge on any atom is 0.259 e. The zero-order chi connectivity index (χ0) is 19.2. The number of benzene rings is 2. The first-order valence-corrected chi connectivity index (χ1v) is 8.97. The largest absolute Gasteiger partial charge is 0.383 e. The molecular weight excluding hydrogens is 340 g/mol. The number of carbonyl (C=O) groups is 1. The maximum absolute atomic E-state index is 13.2. The number of ether oxygens (including phenoxy) is 1. The van der Waals surface area contributed by atoms with Crippen LogP contribution >= 0.6 is 0 Å². The van der Waals surface area contributed by atoms with Gasteiger partial charge in [-0.1, -0.05) is 30.3 Å². The number of anilines is 2. The molecular formula is C21H24N4O2. The molecule has 6 nitrogen and oxygen atoms in total. The number of hydrogen-bond donors (Lipinski definition) is 1. The highest BCUT2D eigenvalue weighted by atomic mass is 16.5. The number of rotatable bonds is 7. The van der Waals surface area contributed by atoms with Gasteiger partial charge < -0.3 is 10.1 Å². The van der Waals surface area contributed by atoms with Crippen LogP contribution in [-0.4, -0.2) is 42.2 Å². The van der Waals surface area contributed by atoms with Crippen LogP contribution in [0.4, 0.5) is 11.8 Å². The van der Waals surface area contributed by atoms with Crippen LogP contribution in [0.3, 0.4) is 0 Å². The van der Waals surface area contributed by atoms with E-state index in [0.717, 1.165) is 10.8 Å². The summed E-state index contributed by atoms with van der Waals surface area (Å²) in [5.74, 6) is 0.923. The molecule has 1 amide bonds. The molecule has 3 aromatic rings. The van der Waals surface area contributed by atoms with Crippen LogP contribution in [0.1, 0.15) is 24.2 Å². The molecule has 0 unspecified atom stereocenters. The molecule has 0 atom stereocenters. The van der Waals surface area contributed by atoms with Crippen molar-refractivity contribution in [3.63, 3.8) is 0 Å². The first-order chi connectivity index (χ1) is 13.1. The minimum absolute atomic E-state index is 0.119. The molecule has 0 saturated carbocycles. The molecule has 140 valence electrons. The van der Waals surface area contributed by atoms with E-state index in [9.17, 15) is 4.79 Å². The fourth-order valence-corrected chi connectivity index (χ4v) is 2.81. The second-order valence-corrected chi connectivity index (χ2v) is 6.55. The molecule has 27 heavy (non-hydrogen) atoms. The fourth-order valence-electron chi connectivity index (χ4n) is 2.81. The lowest BCUT2D eigenvalue weighted by molar-refractivity contribution is 0.0975. The molecule has 0 saturated heterocycles. The van der Waals surface area contributed by atoms with Crippen molar-refractivity contribution in [3.05, 3.63) is 60.3 Å². The maximum atomic E-state index is 13.2. The van der Waals surface area contributed by atoms with E-state index in [1.54, 1.807) is 24.3 Å². The van der Waals surface area contributed by atoms with Gasteiger partial charge in [-0.3, -0.25) is 9.69 Å². The van der Waals surface area contributed by atoms with Gasteiger partial charge >= 0.3 is 0 Å². The first kappa shape index (κ1) is 18.8. The average molecular weight is 364 g/mol. The van der Waals surface area contributed by atoms with Crippen LogP contribution in [0.5, 0.6) is 0 Å². The quantitative estimate of drug-likeness (QED) is 0.692. The summed E-state index contributed by atoms with van der Waals surface area (Å²) in [4.78, 5) is 23.6. The summed E-state index contributed by atoms with van der Waals surface area (Å²) in [7, 11) is 1.62. The summed E-state index contributed by atoms with van der Waals surface area (Å²) >= 11 is 0. The minimum Gasteiger partial charge on any atom is -0.383 e. The summed E-state index contributed by atoms with van der Waals surface area (Å²) < 4.78 is 5.19. The summed E-state index contributed by atoms with van der Waals surface area (Å²) in [5.41, 5.74) is 0.613. The Kier molecular flexibility index (Phi) is 5.98. The second-order valence-electron chi connectivity index (χ2n) is 6.55. The molecule has 0 bridgehead atoms. The van der Waals surface area contributed by atoms with Gasteiger partial charge in [-0.2, -0.15) is 4.98 Å². The standard InChI is InChI=1S/C21H24N4O2/c1-15(2)23-21-22-11-10-19(24-21)25(12-13-27-3)20(26)18-9-8-16-6-4-5-7-17(16)14-18/h4-11,14-15H,12-13H2,1-3H3,(H,22,23,24). The van der Waals surface area contributed by atoms with Crippen LogP contribution in [0.15, 0.2) is 54.7 Å². The van der Waals surface area contributed by atoms with Crippen molar-refractivity contribution < 1.29 is 9.53 Å². The van der Waals surface area contributed by atoms with E-state index >= 15 is 0 Å². The monoisotopic (exact) mass is 364 g/mol. The van der Waals surface area contributed by atoms with Gasteiger partial charge in [0.25, 0.3) is 5.91 Å². The van der Waals surface area contributed by atoms with Crippen molar-refractivity contribution in [2.24, 2.45) is 0 Å². The lowest BCUT2D eigenvalue weighted by atomic mass is 10.1. The van der Waals surface area contributed by atoms with Crippen LogP contribution in [-0.2, 0) is 4.74 Å². The Morgan fingerprint density at radius 3 is 2.67 bits per heavy atom. The fraction of sp³-hybridized carbons (Fsp3) is 0.286. The van der Waals surface area contributed by atoms with E-state index in [2.05, 4.69) is 15.3 Å². The molecule has 1 aromatic heterocycles. The minimum atomic E-state index is -0.119. The Morgan fingerprint density at radius 1 is 1.15 bits per heavy atom. The molecule has 1 heterocycles. The van der Waals surface area contributed by atoms with Crippen LogP contribution in [0, 0.1) is 0 Å². The van der Waals surface area contributed by atoms with Gasteiger partial charge in [-0.25, -0.2) is 4.98 Å². The smallest absolute Gasteiger partial charge is 0.259 e. The van der Waals surface area contributed by atoms with Gasteiger partial charge in [0.2, 0.25) is 5.95 Å². The molecule has 0 aliphatic rings. The van der Waals surface area contributed by atoms with Gasteiger partial charge in [0, 0.05) is 24.9 Å². The predicted octanol–water partition coefficient (Wildman–Crippen LogP) is 3.74. The summed E-state index contributed by atoms with van der Waals surface area (Å²) in [5, 5.41) is 5.30. The molecule has 0 aliphatic heterocycles. The summed E-state index contributed by atoms with van der Waals surface area (Å²) in [6, 6.07) is 15.6. The zero-order valence-corrected chi connectivity index (χ0v) is 15.8. The molecule has 0 spiro atoms. The average Bonchev–Trinajstić information content (AvgIpc) is 2.67. The Morgan fingerprint density at radius 2 is 1.93 bits per heavy atom. The third-order valence-electron chi connectivity index (χ3n) is 4.10. The first-order valence-electron chi connectivity index (χ1n) is 8.97. The van der Waals surface area contributed by atoms with Gasteiger partial charge in [-0.05, 0) is 42.8 Å². The van der Waals surface area contributed by atoms with Crippen LogP contribution in [0.2, 0.25) is 0 Å². The van der Waals surface area contributed by atoms with Crippen LogP contribution in [0.25, 0.3) is 10.8 Å². The van der Waals surface area contributed by atoms with Gasteiger partial charge in [0.05, 0.1) is 13.2 Å². The number of nitrogens with zero attached hydrogens (tertiary/aromatic N) is 3. The third kappa shape index (κ3) is 4.60.